The summed E-state index contributed by atoms with van der Waals surface area (Å²) in [4.78, 5) is 14.5. The quantitative estimate of drug-likeness (QED) is 0.875. The fraction of sp³-hybridized carbons (Fsp3) is 0.588. The van der Waals surface area contributed by atoms with E-state index in [9.17, 15) is 4.79 Å². The Morgan fingerprint density at radius 2 is 2.23 bits per heavy atom. The average Bonchev–Trinajstić information content (AvgIpc) is 2.47. The van der Waals surface area contributed by atoms with Gasteiger partial charge in [0.05, 0.1) is 6.54 Å². The molecule has 1 aromatic rings. The van der Waals surface area contributed by atoms with Crippen LogP contribution >= 0.6 is 12.4 Å². The summed E-state index contributed by atoms with van der Waals surface area (Å²) in [5, 5.41) is 3.00. The Labute approximate surface area is 139 Å². The Hall–Kier alpha value is -1.10. The van der Waals surface area contributed by atoms with Crippen LogP contribution < -0.4 is 11.1 Å². The number of anilines is 1. The number of nitrogens with one attached hydrogen (secondary N) is 1. The van der Waals surface area contributed by atoms with Crippen molar-refractivity contribution in [1.29, 1.82) is 0 Å². The summed E-state index contributed by atoms with van der Waals surface area (Å²) in [5.74, 6) is 0.621. The number of rotatable bonds is 5. The fourth-order valence-electron chi connectivity index (χ4n) is 3.17. The number of piperidine rings is 1. The highest BCUT2D eigenvalue weighted by atomic mass is 35.5. The lowest BCUT2D eigenvalue weighted by Gasteiger charge is -2.38. The molecule has 1 aliphatic heterocycles. The van der Waals surface area contributed by atoms with E-state index < -0.39 is 0 Å². The Bertz CT molecular complexity index is 481. The van der Waals surface area contributed by atoms with Gasteiger partial charge in [0.1, 0.15) is 0 Å². The van der Waals surface area contributed by atoms with E-state index in [4.69, 9.17) is 5.73 Å². The topological polar surface area (TPSA) is 58.4 Å². The molecule has 0 bridgehead atoms. The summed E-state index contributed by atoms with van der Waals surface area (Å²) >= 11 is 0. The molecule has 1 amide bonds. The highest BCUT2D eigenvalue weighted by Crippen LogP contribution is 2.22. The molecule has 22 heavy (non-hydrogen) atoms. The van der Waals surface area contributed by atoms with E-state index in [1.165, 1.54) is 12.0 Å². The summed E-state index contributed by atoms with van der Waals surface area (Å²) in [5.41, 5.74) is 8.00. The van der Waals surface area contributed by atoms with Gasteiger partial charge < -0.3 is 11.1 Å². The van der Waals surface area contributed by atoms with Crippen LogP contribution in [0.4, 0.5) is 5.69 Å². The molecule has 1 heterocycles. The van der Waals surface area contributed by atoms with Crippen LogP contribution in [0.3, 0.4) is 0 Å². The molecule has 1 saturated heterocycles. The number of likely N-dealkylation sites (tertiary alicyclic amines) is 1. The molecule has 3 N–H and O–H groups in total. The predicted octanol–water partition coefficient (Wildman–Crippen LogP) is 2.67. The largest absolute Gasteiger partial charge is 0.329 e. The van der Waals surface area contributed by atoms with Gasteiger partial charge in [0.15, 0.2) is 0 Å². The first-order valence-corrected chi connectivity index (χ1v) is 7.97. The normalized spacial score (nSPS) is 22.0. The third kappa shape index (κ3) is 4.97. The zero-order valence-corrected chi connectivity index (χ0v) is 14.4. The molecular formula is C17H28ClN3O. The van der Waals surface area contributed by atoms with Crippen molar-refractivity contribution in [3.8, 4) is 0 Å². The van der Waals surface area contributed by atoms with Crippen LogP contribution in [-0.2, 0) is 11.2 Å². The zero-order chi connectivity index (χ0) is 15.2. The van der Waals surface area contributed by atoms with Gasteiger partial charge >= 0.3 is 0 Å². The van der Waals surface area contributed by atoms with Crippen LogP contribution in [0.1, 0.15) is 32.3 Å². The Morgan fingerprint density at radius 3 is 2.91 bits per heavy atom. The van der Waals surface area contributed by atoms with Crippen molar-refractivity contribution in [2.75, 3.05) is 25.0 Å². The molecule has 2 atom stereocenters. The van der Waals surface area contributed by atoms with Crippen molar-refractivity contribution < 1.29 is 4.79 Å². The van der Waals surface area contributed by atoms with Crippen molar-refractivity contribution in [3.05, 3.63) is 29.8 Å². The van der Waals surface area contributed by atoms with Crippen LogP contribution in [-0.4, -0.2) is 36.5 Å². The van der Waals surface area contributed by atoms with Crippen molar-refractivity contribution in [2.45, 2.75) is 39.2 Å². The second kappa shape index (κ2) is 9.13. The summed E-state index contributed by atoms with van der Waals surface area (Å²) < 4.78 is 0. The van der Waals surface area contributed by atoms with Crippen molar-refractivity contribution in [1.82, 2.24) is 4.90 Å². The lowest BCUT2D eigenvalue weighted by molar-refractivity contribution is -0.118. The summed E-state index contributed by atoms with van der Waals surface area (Å²) in [6.45, 7) is 6.37. The van der Waals surface area contributed by atoms with Crippen LogP contribution in [0.25, 0.3) is 0 Å². The van der Waals surface area contributed by atoms with Gasteiger partial charge in [-0.1, -0.05) is 26.0 Å². The first kappa shape index (κ1) is 18.9. The maximum absolute atomic E-state index is 12.3. The summed E-state index contributed by atoms with van der Waals surface area (Å²) in [7, 11) is 0. The number of nitrogens with zero attached hydrogens (tertiary/aromatic N) is 1. The molecule has 1 aliphatic rings. The van der Waals surface area contributed by atoms with E-state index >= 15 is 0 Å². The predicted molar refractivity (Wildman–Crippen MR) is 94.5 cm³/mol. The second-order valence-corrected chi connectivity index (χ2v) is 6.00. The minimum Gasteiger partial charge on any atom is -0.329 e. The van der Waals surface area contributed by atoms with Gasteiger partial charge in [-0.15, -0.1) is 12.4 Å². The highest BCUT2D eigenvalue weighted by Gasteiger charge is 2.28. The minimum atomic E-state index is 0. The third-order valence-corrected chi connectivity index (χ3v) is 4.44. The molecule has 0 spiro atoms. The number of aryl methyl sites for hydroxylation is 1. The molecule has 4 nitrogen and oxygen atoms in total. The van der Waals surface area contributed by atoms with Gasteiger partial charge in [-0.05, 0) is 49.4 Å². The van der Waals surface area contributed by atoms with E-state index in [-0.39, 0.29) is 18.3 Å². The average molecular weight is 326 g/mol. The Morgan fingerprint density at radius 1 is 1.45 bits per heavy atom. The number of benzene rings is 1. The van der Waals surface area contributed by atoms with Gasteiger partial charge in [-0.25, -0.2) is 0 Å². The summed E-state index contributed by atoms with van der Waals surface area (Å²) in [6.07, 6.45) is 3.33. The van der Waals surface area contributed by atoms with E-state index in [0.29, 0.717) is 25.0 Å². The van der Waals surface area contributed by atoms with Crippen molar-refractivity contribution >= 4 is 24.0 Å². The standard InChI is InChI=1S/C17H27N3O.ClH/c1-3-14-7-4-8-15(10-14)19-17(21)12-20-9-5-6-13(2)16(20)11-18;/h4,7-8,10,13,16H,3,5-6,9,11-12,18H2,1-2H3,(H,19,21);1H. The Balaban J connectivity index is 0.00000242. The van der Waals surface area contributed by atoms with E-state index in [1.807, 2.05) is 18.2 Å². The molecule has 1 fully saturated rings. The van der Waals surface area contributed by atoms with Gasteiger partial charge in [-0.2, -0.15) is 0 Å². The molecule has 124 valence electrons. The third-order valence-electron chi connectivity index (χ3n) is 4.44. The molecule has 0 saturated carbocycles. The maximum Gasteiger partial charge on any atom is 0.238 e. The number of hydrogen-bond donors (Lipinski definition) is 2. The lowest BCUT2D eigenvalue weighted by Crippen LogP contribution is -2.51. The smallest absolute Gasteiger partial charge is 0.238 e. The first-order valence-electron chi connectivity index (χ1n) is 7.97. The number of carbonyl (C=O) groups excluding carboxylic acids is 1. The van der Waals surface area contributed by atoms with Gasteiger partial charge in [0, 0.05) is 18.3 Å². The number of nitrogens with two attached hydrogens (primary N) is 1. The molecule has 2 unspecified atom stereocenters. The summed E-state index contributed by atoms with van der Waals surface area (Å²) in [6, 6.07) is 8.37. The lowest BCUT2D eigenvalue weighted by atomic mass is 9.91. The molecular weight excluding hydrogens is 298 g/mol. The maximum atomic E-state index is 12.3. The van der Waals surface area contributed by atoms with Crippen molar-refractivity contribution in [3.63, 3.8) is 0 Å². The van der Waals surface area contributed by atoms with Crippen LogP contribution in [0.15, 0.2) is 24.3 Å². The molecule has 0 radical (unpaired) electrons. The van der Waals surface area contributed by atoms with E-state index in [0.717, 1.165) is 25.1 Å². The molecule has 2 rings (SSSR count). The Kier molecular flexibility index (Phi) is 7.87. The van der Waals surface area contributed by atoms with Gasteiger partial charge in [0.2, 0.25) is 5.91 Å². The number of halogens is 1. The first-order chi connectivity index (χ1) is 10.1. The number of hydrogen-bond acceptors (Lipinski definition) is 3. The van der Waals surface area contributed by atoms with E-state index in [2.05, 4.69) is 30.1 Å². The zero-order valence-electron chi connectivity index (χ0n) is 13.5. The number of carbonyl (C=O) groups is 1. The van der Waals surface area contributed by atoms with Crippen molar-refractivity contribution in [2.24, 2.45) is 11.7 Å². The van der Waals surface area contributed by atoms with E-state index in [1.54, 1.807) is 0 Å². The van der Waals surface area contributed by atoms with Crippen LogP contribution in [0, 0.1) is 5.92 Å². The van der Waals surface area contributed by atoms with Gasteiger partial charge in [0.25, 0.3) is 0 Å². The number of amides is 1. The SMILES string of the molecule is CCc1cccc(NC(=O)CN2CCCC(C)C2CN)c1.Cl. The highest BCUT2D eigenvalue weighted by molar-refractivity contribution is 5.92. The minimum absolute atomic E-state index is 0. The molecule has 0 aromatic heterocycles. The van der Waals surface area contributed by atoms with Crippen LogP contribution in [0.2, 0.25) is 0 Å². The van der Waals surface area contributed by atoms with Crippen LogP contribution in [0.5, 0.6) is 0 Å². The molecule has 5 heteroatoms. The molecule has 1 aromatic carbocycles. The van der Waals surface area contributed by atoms with Gasteiger partial charge in [-0.3, -0.25) is 9.69 Å². The monoisotopic (exact) mass is 325 g/mol. The fourth-order valence-corrected chi connectivity index (χ4v) is 3.17. The molecule has 0 aliphatic carbocycles. The second-order valence-electron chi connectivity index (χ2n) is 6.00.